The van der Waals surface area contributed by atoms with E-state index in [0.717, 1.165) is 23.0 Å². The van der Waals surface area contributed by atoms with Gasteiger partial charge in [-0.1, -0.05) is 13.0 Å². The van der Waals surface area contributed by atoms with Crippen LogP contribution in [0.3, 0.4) is 0 Å². The summed E-state index contributed by atoms with van der Waals surface area (Å²) in [5, 5.41) is 15.3. The van der Waals surface area contributed by atoms with Crippen LogP contribution in [0.4, 0.5) is 5.69 Å². The molecule has 0 aliphatic carbocycles. The van der Waals surface area contributed by atoms with E-state index in [1.54, 1.807) is 6.92 Å². The third kappa shape index (κ3) is 3.72. The number of nitrogens with zero attached hydrogens (tertiary/aromatic N) is 4. The average Bonchev–Trinajstić information content (AvgIpc) is 2.86. The van der Waals surface area contributed by atoms with E-state index < -0.39 is 14.9 Å². The molecule has 0 saturated heterocycles. The molecule has 0 unspecified atom stereocenters. The standard InChI is InChI=1S/C16H22N4O4S/c1-5-18(11-16-12(3)17-19(6-2)13(16)4)25(23,24)15-9-7-8-14(10-15)20(21)22/h7-10H,5-6,11H2,1-4H3. The minimum absolute atomic E-state index is 0.0817. The molecular weight excluding hydrogens is 344 g/mol. The predicted molar refractivity (Wildman–Crippen MR) is 93.7 cm³/mol. The fourth-order valence-corrected chi connectivity index (χ4v) is 4.18. The molecular formula is C16H22N4O4S. The number of nitro groups is 1. The quantitative estimate of drug-likeness (QED) is 0.554. The summed E-state index contributed by atoms with van der Waals surface area (Å²) in [5.41, 5.74) is 2.32. The normalized spacial score (nSPS) is 11.9. The Hall–Kier alpha value is -2.26. The Balaban J connectivity index is 2.41. The van der Waals surface area contributed by atoms with Gasteiger partial charge >= 0.3 is 0 Å². The first kappa shape index (κ1) is 19.1. The van der Waals surface area contributed by atoms with Crippen LogP contribution in [0.15, 0.2) is 29.2 Å². The van der Waals surface area contributed by atoms with Crippen molar-refractivity contribution in [1.82, 2.24) is 14.1 Å². The Bertz CT molecular complexity index is 890. The Morgan fingerprint density at radius 3 is 2.48 bits per heavy atom. The molecule has 8 nitrogen and oxygen atoms in total. The van der Waals surface area contributed by atoms with Crippen molar-refractivity contribution in [2.24, 2.45) is 0 Å². The molecule has 0 radical (unpaired) electrons. The second-order valence-electron chi connectivity index (χ2n) is 5.65. The van der Waals surface area contributed by atoms with Gasteiger partial charge in [0.25, 0.3) is 5.69 Å². The van der Waals surface area contributed by atoms with Crippen LogP contribution in [0.25, 0.3) is 0 Å². The lowest BCUT2D eigenvalue weighted by molar-refractivity contribution is -0.385. The van der Waals surface area contributed by atoms with E-state index in [2.05, 4.69) is 5.10 Å². The van der Waals surface area contributed by atoms with E-state index >= 15 is 0 Å². The fraction of sp³-hybridized carbons (Fsp3) is 0.438. The maximum absolute atomic E-state index is 12.9. The predicted octanol–water partition coefficient (Wildman–Crippen LogP) is 2.64. The highest BCUT2D eigenvalue weighted by Gasteiger charge is 2.27. The fourth-order valence-electron chi connectivity index (χ4n) is 2.72. The van der Waals surface area contributed by atoms with Gasteiger partial charge in [0.05, 0.1) is 15.5 Å². The van der Waals surface area contributed by atoms with Gasteiger partial charge in [-0.05, 0) is 26.8 Å². The second kappa shape index (κ2) is 7.32. The molecule has 1 heterocycles. The molecule has 1 aromatic carbocycles. The lowest BCUT2D eigenvalue weighted by atomic mass is 10.2. The summed E-state index contributed by atoms with van der Waals surface area (Å²) >= 11 is 0. The van der Waals surface area contributed by atoms with Crippen LogP contribution in [0, 0.1) is 24.0 Å². The van der Waals surface area contributed by atoms with Crippen LogP contribution in [0.5, 0.6) is 0 Å². The molecule has 0 fully saturated rings. The molecule has 9 heteroatoms. The van der Waals surface area contributed by atoms with Crippen LogP contribution < -0.4 is 0 Å². The van der Waals surface area contributed by atoms with E-state index in [0.29, 0.717) is 6.54 Å². The van der Waals surface area contributed by atoms with Gasteiger partial charge in [-0.3, -0.25) is 14.8 Å². The first-order chi connectivity index (χ1) is 11.7. The van der Waals surface area contributed by atoms with Gasteiger partial charge in [0, 0.05) is 43.0 Å². The summed E-state index contributed by atoms with van der Waals surface area (Å²) in [6.45, 7) is 8.61. The summed E-state index contributed by atoms with van der Waals surface area (Å²) in [4.78, 5) is 10.2. The largest absolute Gasteiger partial charge is 0.270 e. The number of aryl methyl sites for hydroxylation is 2. The van der Waals surface area contributed by atoms with Crippen LogP contribution in [-0.4, -0.2) is 34.0 Å². The van der Waals surface area contributed by atoms with Gasteiger partial charge in [-0.15, -0.1) is 0 Å². The number of aromatic nitrogens is 2. The number of sulfonamides is 1. The maximum Gasteiger partial charge on any atom is 0.270 e. The Morgan fingerprint density at radius 2 is 1.96 bits per heavy atom. The van der Waals surface area contributed by atoms with Crippen LogP contribution in [0.1, 0.15) is 30.8 Å². The number of nitro benzene ring substituents is 1. The number of hydrogen-bond acceptors (Lipinski definition) is 5. The van der Waals surface area contributed by atoms with Crippen molar-refractivity contribution < 1.29 is 13.3 Å². The molecule has 2 rings (SSSR count). The number of hydrogen-bond donors (Lipinski definition) is 0. The Morgan fingerprint density at radius 1 is 1.28 bits per heavy atom. The Kier molecular flexibility index (Phi) is 5.58. The van der Waals surface area contributed by atoms with Gasteiger partial charge in [0.2, 0.25) is 10.0 Å². The van der Waals surface area contributed by atoms with Gasteiger partial charge in [-0.2, -0.15) is 9.40 Å². The van der Waals surface area contributed by atoms with Crippen LogP contribution in [0.2, 0.25) is 0 Å². The topological polar surface area (TPSA) is 98.3 Å². The zero-order valence-electron chi connectivity index (χ0n) is 14.8. The van der Waals surface area contributed by atoms with E-state index in [1.807, 2.05) is 25.5 Å². The molecule has 2 aromatic rings. The van der Waals surface area contributed by atoms with E-state index in [-0.39, 0.29) is 23.7 Å². The summed E-state index contributed by atoms with van der Waals surface area (Å²) in [5.74, 6) is 0. The van der Waals surface area contributed by atoms with Crippen molar-refractivity contribution in [3.05, 3.63) is 51.3 Å². The molecule has 136 valence electrons. The summed E-state index contributed by atoms with van der Waals surface area (Å²) < 4.78 is 29.0. The molecule has 0 aliphatic heterocycles. The van der Waals surface area contributed by atoms with Crippen LogP contribution >= 0.6 is 0 Å². The van der Waals surface area contributed by atoms with Crippen molar-refractivity contribution in [2.45, 2.75) is 45.7 Å². The molecule has 25 heavy (non-hydrogen) atoms. The third-order valence-corrected chi connectivity index (χ3v) is 6.10. The molecule has 0 N–H and O–H groups in total. The average molecular weight is 366 g/mol. The lowest BCUT2D eigenvalue weighted by Gasteiger charge is -2.20. The molecule has 0 bridgehead atoms. The van der Waals surface area contributed by atoms with Gasteiger partial charge in [0.15, 0.2) is 0 Å². The van der Waals surface area contributed by atoms with E-state index in [1.165, 1.54) is 22.5 Å². The van der Waals surface area contributed by atoms with E-state index in [4.69, 9.17) is 0 Å². The molecule has 1 aromatic heterocycles. The number of benzene rings is 1. The van der Waals surface area contributed by atoms with Crippen molar-refractivity contribution in [2.75, 3.05) is 6.54 Å². The SMILES string of the molecule is CCN(Cc1c(C)nn(CC)c1C)S(=O)(=O)c1cccc([N+](=O)[O-])c1. The Labute approximate surface area is 147 Å². The minimum Gasteiger partial charge on any atom is -0.270 e. The highest BCUT2D eigenvalue weighted by Crippen LogP contribution is 2.24. The highest BCUT2D eigenvalue weighted by molar-refractivity contribution is 7.89. The zero-order valence-corrected chi connectivity index (χ0v) is 15.6. The molecule has 0 amide bonds. The molecule has 0 saturated carbocycles. The van der Waals surface area contributed by atoms with Crippen molar-refractivity contribution in [3.63, 3.8) is 0 Å². The first-order valence-electron chi connectivity index (χ1n) is 7.99. The lowest BCUT2D eigenvalue weighted by Crippen LogP contribution is -2.31. The summed E-state index contributed by atoms with van der Waals surface area (Å²) in [6, 6.07) is 5.12. The monoisotopic (exact) mass is 366 g/mol. The minimum atomic E-state index is -3.84. The zero-order chi connectivity index (χ0) is 18.8. The third-order valence-electron chi connectivity index (χ3n) is 4.18. The molecule has 0 spiro atoms. The smallest absolute Gasteiger partial charge is 0.270 e. The summed E-state index contributed by atoms with van der Waals surface area (Å²) in [6.07, 6.45) is 0. The van der Waals surface area contributed by atoms with Gasteiger partial charge in [-0.25, -0.2) is 8.42 Å². The van der Waals surface area contributed by atoms with Gasteiger partial charge < -0.3 is 0 Å². The van der Waals surface area contributed by atoms with Crippen LogP contribution in [-0.2, 0) is 23.1 Å². The first-order valence-corrected chi connectivity index (χ1v) is 9.43. The van der Waals surface area contributed by atoms with Crippen molar-refractivity contribution >= 4 is 15.7 Å². The maximum atomic E-state index is 12.9. The summed E-state index contributed by atoms with van der Waals surface area (Å²) in [7, 11) is -3.84. The van der Waals surface area contributed by atoms with Crippen molar-refractivity contribution in [3.8, 4) is 0 Å². The molecule has 0 aliphatic rings. The molecule has 0 atom stereocenters. The second-order valence-corrected chi connectivity index (χ2v) is 7.59. The van der Waals surface area contributed by atoms with Crippen molar-refractivity contribution in [1.29, 1.82) is 0 Å². The van der Waals surface area contributed by atoms with E-state index in [9.17, 15) is 18.5 Å². The number of non-ortho nitro benzene ring substituents is 1. The highest BCUT2D eigenvalue weighted by atomic mass is 32.2. The number of rotatable bonds is 7. The van der Waals surface area contributed by atoms with Gasteiger partial charge in [0.1, 0.15) is 0 Å².